The van der Waals surface area contributed by atoms with E-state index in [9.17, 15) is 9.18 Å². The molecule has 39 heavy (non-hydrogen) atoms. The number of amides is 1. The summed E-state index contributed by atoms with van der Waals surface area (Å²) >= 11 is 3.51. The maximum Gasteiger partial charge on any atom is 0.225 e. The van der Waals surface area contributed by atoms with Crippen LogP contribution in [0.25, 0.3) is 27.6 Å². The van der Waals surface area contributed by atoms with Gasteiger partial charge in [0.15, 0.2) is 11.5 Å². The Bertz CT molecular complexity index is 1560. The zero-order valence-corrected chi connectivity index (χ0v) is 23.1. The molecule has 3 aromatic heterocycles. The minimum atomic E-state index is -0.406. The molecule has 4 aromatic rings. The van der Waals surface area contributed by atoms with E-state index in [0.717, 1.165) is 57.4 Å². The van der Waals surface area contributed by atoms with Gasteiger partial charge in [-0.25, -0.2) is 19.0 Å². The summed E-state index contributed by atoms with van der Waals surface area (Å²) in [6, 6.07) is 7.23. The van der Waals surface area contributed by atoms with Crippen LogP contribution >= 0.6 is 15.9 Å². The van der Waals surface area contributed by atoms with Gasteiger partial charge in [-0.3, -0.25) is 14.7 Å². The lowest BCUT2D eigenvalue weighted by molar-refractivity contribution is -0.141. The van der Waals surface area contributed by atoms with Gasteiger partial charge in [-0.05, 0) is 53.2 Å². The Morgan fingerprint density at radius 1 is 1.18 bits per heavy atom. The van der Waals surface area contributed by atoms with Crippen molar-refractivity contribution >= 4 is 43.8 Å². The number of rotatable bonds is 4. The van der Waals surface area contributed by atoms with Crippen LogP contribution in [0.3, 0.4) is 0 Å². The van der Waals surface area contributed by atoms with Gasteiger partial charge in [0.25, 0.3) is 0 Å². The third kappa shape index (κ3) is 4.70. The summed E-state index contributed by atoms with van der Waals surface area (Å²) in [5, 5.41) is 6.03. The molecule has 0 bridgehead atoms. The summed E-state index contributed by atoms with van der Waals surface area (Å²) in [5.74, 6) is 0.999. The Balaban J connectivity index is 1.08. The maximum atomic E-state index is 14.8. The first kappa shape index (κ1) is 25.0. The summed E-state index contributed by atoms with van der Waals surface area (Å²) in [4.78, 5) is 31.5. The van der Waals surface area contributed by atoms with E-state index in [4.69, 9.17) is 9.72 Å². The van der Waals surface area contributed by atoms with Crippen molar-refractivity contribution in [1.29, 1.82) is 0 Å². The lowest BCUT2D eigenvalue weighted by atomic mass is 9.99. The summed E-state index contributed by atoms with van der Waals surface area (Å²) in [5.41, 5.74) is 1.52. The van der Waals surface area contributed by atoms with Crippen molar-refractivity contribution in [3.05, 3.63) is 52.9 Å². The second-order valence-electron chi connectivity index (χ2n) is 10.9. The first-order valence-corrected chi connectivity index (χ1v) is 14.4. The molecule has 202 valence electrons. The van der Waals surface area contributed by atoms with E-state index in [-0.39, 0.29) is 11.8 Å². The molecule has 0 N–H and O–H groups in total. The molecular formula is C28H29BrFN7O2. The van der Waals surface area contributed by atoms with E-state index >= 15 is 0 Å². The van der Waals surface area contributed by atoms with Crippen molar-refractivity contribution in [1.82, 2.24) is 34.5 Å². The molecule has 3 aliphatic rings. The Morgan fingerprint density at radius 3 is 3.03 bits per heavy atom. The van der Waals surface area contributed by atoms with E-state index in [1.807, 2.05) is 12.1 Å². The van der Waals surface area contributed by atoms with Gasteiger partial charge >= 0.3 is 0 Å². The first-order valence-electron chi connectivity index (χ1n) is 13.6. The lowest BCUT2D eigenvalue weighted by Gasteiger charge is -2.44. The van der Waals surface area contributed by atoms with Gasteiger partial charge < -0.3 is 9.64 Å². The molecule has 1 saturated carbocycles. The second-order valence-corrected chi connectivity index (χ2v) is 11.6. The molecule has 11 heteroatoms. The average Bonchev–Trinajstić information content (AvgIpc) is 3.56. The third-order valence-electron chi connectivity index (χ3n) is 8.43. The SMILES string of the molecule is O=C([C@@H]1CC[C@@H](Cc2ncc3c(Br)nn(-c4cc(F)c5ncccc5c4)c3n2)C1)N1CCN2CCOC[C@@H]2C1. The number of benzene rings is 1. The van der Waals surface area contributed by atoms with Crippen LogP contribution in [-0.2, 0) is 16.0 Å². The van der Waals surface area contributed by atoms with Crippen molar-refractivity contribution in [2.24, 2.45) is 11.8 Å². The molecule has 1 aromatic carbocycles. The highest BCUT2D eigenvalue weighted by molar-refractivity contribution is 9.10. The van der Waals surface area contributed by atoms with Gasteiger partial charge in [0.05, 0.1) is 30.3 Å². The third-order valence-corrected chi connectivity index (χ3v) is 9.01. The van der Waals surface area contributed by atoms with Crippen LogP contribution in [0.4, 0.5) is 4.39 Å². The smallest absolute Gasteiger partial charge is 0.225 e. The van der Waals surface area contributed by atoms with Gasteiger partial charge in [0, 0.05) is 62.4 Å². The predicted molar refractivity (Wildman–Crippen MR) is 147 cm³/mol. The number of carbonyl (C=O) groups is 1. The number of hydrogen-bond acceptors (Lipinski definition) is 7. The zero-order valence-electron chi connectivity index (χ0n) is 21.5. The Hall–Kier alpha value is -3.02. The van der Waals surface area contributed by atoms with Crippen molar-refractivity contribution in [2.45, 2.75) is 31.7 Å². The highest BCUT2D eigenvalue weighted by Gasteiger charge is 2.37. The molecule has 5 heterocycles. The fraction of sp³-hybridized carbons (Fsp3) is 0.464. The van der Waals surface area contributed by atoms with Gasteiger partial charge in [-0.2, -0.15) is 5.10 Å². The van der Waals surface area contributed by atoms with Crippen molar-refractivity contribution < 1.29 is 13.9 Å². The highest BCUT2D eigenvalue weighted by Crippen LogP contribution is 2.35. The Kier molecular flexibility index (Phi) is 6.52. The number of hydrogen-bond donors (Lipinski definition) is 0. The molecule has 1 amide bonds. The molecule has 3 fully saturated rings. The second kappa shape index (κ2) is 10.2. The highest BCUT2D eigenvalue weighted by atomic mass is 79.9. The number of halogens is 2. The first-order chi connectivity index (χ1) is 19.0. The van der Waals surface area contributed by atoms with Gasteiger partial charge in [-0.1, -0.05) is 6.07 Å². The number of aromatic nitrogens is 5. The van der Waals surface area contributed by atoms with Crippen molar-refractivity contribution in [2.75, 3.05) is 39.4 Å². The Morgan fingerprint density at radius 2 is 2.10 bits per heavy atom. The quantitative estimate of drug-likeness (QED) is 0.356. The summed E-state index contributed by atoms with van der Waals surface area (Å²) in [7, 11) is 0. The summed E-state index contributed by atoms with van der Waals surface area (Å²) < 4.78 is 22.7. The average molecular weight is 594 g/mol. The largest absolute Gasteiger partial charge is 0.378 e. The molecule has 7 rings (SSSR count). The van der Waals surface area contributed by atoms with E-state index < -0.39 is 5.82 Å². The van der Waals surface area contributed by atoms with Crippen LogP contribution in [-0.4, -0.2) is 85.9 Å². The molecule has 1 aliphatic carbocycles. The number of pyridine rings is 1. The van der Waals surface area contributed by atoms with Gasteiger partial charge in [0.2, 0.25) is 5.91 Å². The number of carbonyl (C=O) groups excluding carboxylic acids is 1. The van der Waals surface area contributed by atoms with E-state index in [2.05, 4.69) is 40.8 Å². The number of ether oxygens (including phenoxy) is 1. The predicted octanol–water partition coefficient (Wildman–Crippen LogP) is 3.77. The topological polar surface area (TPSA) is 89.3 Å². The van der Waals surface area contributed by atoms with Crippen LogP contribution < -0.4 is 0 Å². The van der Waals surface area contributed by atoms with Crippen LogP contribution in [0.2, 0.25) is 0 Å². The molecule has 0 unspecified atom stereocenters. The number of fused-ring (bicyclic) bond motifs is 3. The minimum absolute atomic E-state index is 0.0589. The normalized spacial score (nSPS) is 23.9. The van der Waals surface area contributed by atoms with E-state index in [1.165, 1.54) is 6.07 Å². The van der Waals surface area contributed by atoms with Crippen LogP contribution in [0, 0.1) is 17.7 Å². The molecule has 3 atom stereocenters. The van der Waals surface area contributed by atoms with E-state index in [0.29, 0.717) is 57.7 Å². The fourth-order valence-corrected chi connectivity index (χ4v) is 6.82. The van der Waals surface area contributed by atoms with Crippen LogP contribution in [0.5, 0.6) is 0 Å². The lowest BCUT2D eigenvalue weighted by Crippen LogP contribution is -2.59. The number of morpholine rings is 1. The standard InChI is InChI=1S/C28H29BrFN7O2/c29-26-22-14-32-24(33-27(22)37(34-26)20-12-18-2-1-5-31-25(18)23(30)13-20)11-17-3-4-19(10-17)28(38)36-7-6-35-8-9-39-16-21(35)15-36/h1-2,5,12-14,17,19,21H,3-4,6-11,15-16H2/t17-,19-,21+/m1/s1. The summed E-state index contributed by atoms with van der Waals surface area (Å²) in [6.45, 7) is 4.98. The minimum Gasteiger partial charge on any atom is -0.378 e. The van der Waals surface area contributed by atoms with E-state index in [1.54, 1.807) is 23.1 Å². The molecule has 9 nitrogen and oxygen atoms in total. The number of piperazine rings is 1. The molecule has 0 radical (unpaired) electrons. The van der Waals surface area contributed by atoms with Crippen LogP contribution in [0.15, 0.2) is 41.3 Å². The monoisotopic (exact) mass is 593 g/mol. The zero-order chi connectivity index (χ0) is 26.5. The summed E-state index contributed by atoms with van der Waals surface area (Å²) in [6.07, 6.45) is 6.79. The molecule has 2 saturated heterocycles. The molecule has 2 aliphatic heterocycles. The molecule has 0 spiro atoms. The molecular weight excluding hydrogens is 565 g/mol. The number of nitrogens with zero attached hydrogens (tertiary/aromatic N) is 7. The van der Waals surface area contributed by atoms with Gasteiger partial charge in [0.1, 0.15) is 15.9 Å². The fourth-order valence-electron chi connectivity index (χ4n) is 6.39. The van der Waals surface area contributed by atoms with Crippen LogP contribution in [0.1, 0.15) is 25.1 Å². The van der Waals surface area contributed by atoms with Crippen molar-refractivity contribution in [3.8, 4) is 5.69 Å². The maximum absolute atomic E-state index is 14.8. The Labute approximate surface area is 233 Å². The van der Waals surface area contributed by atoms with Crippen molar-refractivity contribution in [3.63, 3.8) is 0 Å². The van der Waals surface area contributed by atoms with Gasteiger partial charge in [-0.15, -0.1) is 0 Å².